The van der Waals surface area contributed by atoms with Crippen LogP contribution in [0, 0.1) is 12.7 Å². The molecule has 0 bridgehead atoms. The molecule has 1 saturated heterocycles. The van der Waals surface area contributed by atoms with E-state index in [4.69, 9.17) is 9.15 Å². The van der Waals surface area contributed by atoms with Gasteiger partial charge < -0.3 is 14.1 Å². The van der Waals surface area contributed by atoms with E-state index in [1.165, 1.54) is 13.2 Å². The van der Waals surface area contributed by atoms with Gasteiger partial charge in [-0.3, -0.25) is 14.5 Å². The van der Waals surface area contributed by atoms with Crippen LogP contribution in [0.2, 0.25) is 0 Å². The van der Waals surface area contributed by atoms with Crippen LogP contribution in [0.3, 0.4) is 0 Å². The fourth-order valence-electron chi connectivity index (χ4n) is 4.69. The second-order valence-electron chi connectivity index (χ2n) is 8.97. The highest BCUT2D eigenvalue weighted by atomic mass is 19.1. The van der Waals surface area contributed by atoms with Crippen LogP contribution in [0.4, 0.5) is 4.39 Å². The average Bonchev–Trinajstić information content (AvgIpc) is 2.91. The zero-order valence-electron chi connectivity index (χ0n) is 20.3. The number of methoxy groups -OCH3 is 1. The van der Waals surface area contributed by atoms with Crippen molar-refractivity contribution in [1.82, 2.24) is 9.80 Å². The molecule has 7 heteroatoms. The van der Waals surface area contributed by atoms with E-state index in [1.54, 1.807) is 36.1 Å². The molecule has 1 fully saturated rings. The Labute approximate surface area is 208 Å². The van der Waals surface area contributed by atoms with Crippen molar-refractivity contribution >= 4 is 16.9 Å². The van der Waals surface area contributed by atoms with Crippen LogP contribution in [-0.2, 0) is 6.54 Å². The molecule has 1 aliphatic rings. The van der Waals surface area contributed by atoms with E-state index in [-0.39, 0.29) is 22.9 Å². The Morgan fingerprint density at radius 1 is 1.00 bits per heavy atom. The molecule has 1 aliphatic heterocycles. The lowest BCUT2D eigenvalue weighted by Gasteiger charge is -2.34. The molecule has 0 unspecified atom stereocenters. The van der Waals surface area contributed by atoms with Crippen molar-refractivity contribution in [3.05, 3.63) is 99.5 Å². The van der Waals surface area contributed by atoms with Gasteiger partial charge in [0.15, 0.2) is 22.6 Å². The Morgan fingerprint density at radius 3 is 2.44 bits per heavy atom. The zero-order valence-corrected chi connectivity index (χ0v) is 20.3. The van der Waals surface area contributed by atoms with Crippen molar-refractivity contribution in [2.75, 3.05) is 33.3 Å². The molecule has 0 saturated carbocycles. The lowest BCUT2D eigenvalue weighted by atomic mass is 10.0. The van der Waals surface area contributed by atoms with Crippen molar-refractivity contribution in [1.29, 1.82) is 0 Å². The third kappa shape index (κ3) is 4.50. The highest BCUT2D eigenvalue weighted by molar-refractivity contribution is 6.05. The number of hydrogen-bond donors (Lipinski definition) is 0. The van der Waals surface area contributed by atoms with Gasteiger partial charge in [0.2, 0.25) is 0 Å². The smallest absolute Gasteiger partial charge is 0.257 e. The molecule has 184 valence electrons. The van der Waals surface area contributed by atoms with E-state index in [0.29, 0.717) is 60.6 Å². The molecule has 0 aliphatic carbocycles. The molecule has 0 radical (unpaired) electrons. The van der Waals surface area contributed by atoms with E-state index >= 15 is 0 Å². The molecule has 4 aromatic rings. The lowest BCUT2D eigenvalue weighted by molar-refractivity contribution is 0.0629. The standard InChI is InChI=1S/C29H27FN2O4/c1-19-26(33)22-9-6-10-23(28(22)36-27(19)21-7-4-3-5-8-21)29(34)32-15-13-31(14-16-32)18-20-11-12-25(35-2)24(30)17-20/h3-12,17H,13-16,18H2,1-2H3. The van der Waals surface area contributed by atoms with Crippen LogP contribution < -0.4 is 10.2 Å². The van der Waals surface area contributed by atoms with Crippen molar-refractivity contribution in [2.45, 2.75) is 13.5 Å². The van der Waals surface area contributed by atoms with Gasteiger partial charge in [0.25, 0.3) is 5.91 Å². The minimum atomic E-state index is -0.383. The summed E-state index contributed by atoms with van der Waals surface area (Å²) < 4.78 is 25.3. The Balaban J connectivity index is 1.37. The highest BCUT2D eigenvalue weighted by Crippen LogP contribution is 2.28. The summed E-state index contributed by atoms with van der Waals surface area (Å²) in [6.07, 6.45) is 0. The summed E-state index contributed by atoms with van der Waals surface area (Å²) in [5.41, 5.74) is 2.72. The van der Waals surface area contributed by atoms with Gasteiger partial charge in [-0.1, -0.05) is 42.5 Å². The fraction of sp³-hybridized carbons (Fsp3) is 0.241. The molecule has 6 nitrogen and oxygen atoms in total. The van der Waals surface area contributed by atoms with E-state index in [0.717, 1.165) is 11.1 Å². The first-order valence-electron chi connectivity index (χ1n) is 11.9. The number of fused-ring (bicyclic) bond motifs is 1. The van der Waals surface area contributed by atoms with Gasteiger partial charge in [0.05, 0.1) is 18.1 Å². The maximum Gasteiger partial charge on any atom is 0.257 e. The van der Waals surface area contributed by atoms with Gasteiger partial charge in [-0.2, -0.15) is 0 Å². The number of benzene rings is 3. The summed E-state index contributed by atoms with van der Waals surface area (Å²) in [5.74, 6) is 0.152. The second kappa shape index (κ2) is 9.95. The number of rotatable bonds is 5. The number of carbonyl (C=O) groups excluding carboxylic acids is 1. The topological polar surface area (TPSA) is 63.0 Å². The lowest BCUT2D eigenvalue weighted by Crippen LogP contribution is -2.48. The van der Waals surface area contributed by atoms with Gasteiger partial charge in [0.1, 0.15) is 5.76 Å². The Morgan fingerprint density at radius 2 is 1.75 bits per heavy atom. The van der Waals surface area contributed by atoms with Gasteiger partial charge in [-0.15, -0.1) is 0 Å². The van der Waals surface area contributed by atoms with Gasteiger partial charge in [-0.25, -0.2) is 4.39 Å². The monoisotopic (exact) mass is 486 g/mol. The quantitative estimate of drug-likeness (QED) is 0.403. The van der Waals surface area contributed by atoms with Crippen molar-refractivity contribution < 1.29 is 18.3 Å². The number of amides is 1. The maximum atomic E-state index is 14.1. The molecule has 0 N–H and O–H groups in total. The molecule has 1 aromatic heterocycles. The first kappa shape index (κ1) is 23.8. The van der Waals surface area contributed by atoms with Crippen molar-refractivity contribution in [3.8, 4) is 17.1 Å². The SMILES string of the molecule is COc1ccc(CN2CCN(C(=O)c3cccc4c(=O)c(C)c(-c5ccccc5)oc34)CC2)cc1F. The minimum Gasteiger partial charge on any atom is -0.494 e. The summed E-state index contributed by atoms with van der Waals surface area (Å²) in [7, 11) is 1.44. The molecular weight excluding hydrogens is 459 g/mol. The largest absolute Gasteiger partial charge is 0.494 e. The number of hydrogen-bond acceptors (Lipinski definition) is 5. The average molecular weight is 487 g/mol. The molecule has 5 rings (SSSR count). The van der Waals surface area contributed by atoms with E-state index in [9.17, 15) is 14.0 Å². The molecule has 36 heavy (non-hydrogen) atoms. The summed E-state index contributed by atoms with van der Waals surface area (Å²) in [4.78, 5) is 30.6. The summed E-state index contributed by atoms with van der Waals surface area (Å²) in [6, 6.07) is 19.5. The predicted octanol–water partition coefficient (Wildman–Crippen LogP) is 4.87. The Bertz CT molecular complexity index is 1470. The normalized spacial score (nSPS) is 14.2. The minimum absolute atomic E-state index is 0.138. The van der Waals surface area contributed by atoms with Gasteiger partial charge in [-0.05, 0) is 36.8 Å². The number of carbonyl (C=O) groups is 1. The van der Waals surface area contributed by atoms with E-state index in [2.05, 4.69) is 4.90 Å². The molecule has 2 heterocycles. The number of piperazine rings is 1. The summed E-state index contributed by atoms with van der Waals surface area (Å²) >= 11 is 0. The fourth-order valence-corrected chi connectivity index (χ4v) is 4.69. The second-order valence-corrected chi connectivity index (χ2v) is 8.97. The van der Waals surface area contributed by atoms with Crippen LogP contribution in [0.1, 0.15) is 21.5 Å². The summed E-state index contributed by atoms with van der Waals surface area (Å²) in [5, 5.41) is 0.401. The first-order valence-corrected chi connectivity index (χ1v) is 11.9. The maximum absolute atomic E-state index is 14.1. The Hall–Kier alpha value is -3.97. The summed E-state index contributed by atoms with van der Waals surface area (Å²) in [6.45, 7) is 4.69. The number of ether oxygens (including phenoxy) is 1. The Kier molecular flexibility index (Phi) is 6.57. The van der Waals surface area contributed by atoms with Crippen LogP contribution >= 0.6 is 0 Å². The van der Waals surface area contributed by atoms with Crippen LogP contribution in [0.5, 0.6) is 5.75 Å². The van der Waals surface area contributed by atoms with Crippen molar-refractivity contribution in [3.63, 3.8) is 0 Å². The molecular formula is C29H27FN2O4. The molecule has 3 aromatic carbocycles. The predicted molar refractivity (Wildman–Crippen MR) is 137 cm³/mol. The molecule has 0 atom stereocenters. The highest BCUT2D eigenvalue weighted by Gasteiger charge is 2.25. The van der Waals surface area contributed by atoms with E-state index < -0.39 is 0 Å². The van der Waals surface area contributed by atoms with E-state index in [1.807, 2.05) is 36.4 Å². The molecule has 0 spiro atoms. The molecule has 1 amide bonds. The number of halogens is 1. The zero-order chi connectivity index (χ0) is 25.2. The van der Waals surface area contributed by atoms with Crippen LogP contribution in [-0.4, -0.2) is 49.0 Å². The number of para-hydroxylation sites is 1. The van der Waals surface area contributed by atoms with Gasteiger partial charge >= 0.3 is 0 Å². The number of nitrogens with zero attached hydrogens (tertiary/aromatic N) is 2. The van der Waals surface area contributed by atoms with Crippen molar-refractivity contribution in [2.24, 2.45) is 0 Å². The van der Waals surface area contributed by atoms with Crippen LogP contribution in [0.15, 0.2) is 75.9 Å². The third-order valence-electron chi connectivity index (χ3n) is 6.69. The van der Waals surface area contributed by atoms with Crippen LogP contribution in [0.25, 0.3) is 22.3 Å². The first-order chi connectivity index (χ1) is 17.5. The third-order valence-corrected chi connectivity index (χ3v) is 6.69. The van der Waals surface area contributed by atoms with Gasteiger partial charge in [0, 0.05) is 43.9 Å².